The second-order valence-electron chi connectivity index (χ2n) is 9.99. The Morgan fingerprint density at radius 1 is 0.630 bits per heavy atom. The number of halogens is 2. The maximum Gasteiger partial charge on any atom is -1.00 e. The van der Waals surface area contributed by atoms with Gasteiger partial charge < -0.3 is 24.8 Å². The van der Waals surface area contributed by atoms with Crippen LogP contribution in [0.3, 0.4) is 0 Å². The second kappa shape index (κ2) is 7.92. The Balaban J connectivity index is 0.00000105. The molecule has 0 bridgehead atoms. The van der Waals surface area contributed by atoms with Gasteiger partial charge in [-0.2, -0.15) is 0 Å². The third-order valence-corrected chi connectivity index (χ3v) is 21.2. The monoisotopic (exact) mass is 482 g/mol. The third-order valence-electron chi connectivity index (χ3n) is 8.53. The van der Waals surface area contributed by atoms with Crippen molar-refractivity contribution in [3.05, 3.63) is 46.6 Å². The van der Waals surface area contributed by atoms with Crippen LogP contribution in [0.25, 0.3) is 0 Å². The van der Waals surface area contributed by atoms with Crippen LogP contribution in [0.4, 0.5) is 0 Å². The van der Waals surface area contributed by atoms with Gasteiger partial charge in [-0.3, -0.25) is 0 Å². The van der Waals surface area contributed by atoms with Crippen molar-refractivity contribution >= 4 is 0 Å². The fourth-order valence-corrected chi connectivity index (χ4v) is 23.4. The van der Waals surface area contributed by atoms with Gasteiger partial charge in [0, 0.05) is 0 Å². The summed E-state index contributed by atoms with van der Waals surface area (Å²) in [7, 11) is 0. The van der Waals surface area contributed by atoms with Gasteiger partial charge in [-0.15, -0.1) is 0 Å². The van der Waals surface area contributed by atoms with Crippen molar-refractivity contribution in [3.63, 3.8) is 0 Å². The van der Waals surface area contributed by atoms with E-state index in [9.17, 15) is 0 Å². The van der Waals surface area contributed by atoms with E-state index in [0.29, 0.717) is 0 Å². The van der Waals surface area contributed by atoms with Crippen LogP contribution in [0, 0.1) is 23.7 Å². The van der Waals surface area contributed by atoms with Crippen LogP contribution in [0.5, 0.6) is 0 Å². The van der Waals surface area contributed by atoms with Crippen LogP contribution in [0.1, 0.15) is 53.4 Å². The zero-order valence-electron chi connectivity index (χ0n) is 17.3. The predicted molar refractivity (Wildman–Crippen MR) is 105 cm³/mol. The first-order valence-electron chi connectivity index (χ1n) is 10.9. The Morgan fingerprint density at radius 3 is 1.37 bits per heavy atom. The van der Waals surface area contributed by atoms with E-state index in [4.69, 9.17) is 0 Å². The molecule has 0 nitrogen and oxygen atoms in total. The van der Waals surface area contributed by atoms with E-state index in [0.717, 1.165) is 30.9 Å². The molecule has 0 aromatic heterocycles. The SMILES string of the molecule is CC1CCC(C)C2=C1C=C[CH]2[Zr+2]1([CH]2C=CC3=C2C(C)CCC3C)[CH2][CH2]1.[Cl-].[Cl-]. The van der Waals surface area contributed by atoms with Crippen LogP contribution >= 0.6 is 0 Å². The quantitative estimate of drug-likeness (QED) is 0.557. The van der Waals surface area contributed by atoms with Crippen LogP contribution in [-0.2, 0) is 20.3 Å². The topological polar surface area (TPSA) is 0 Å². The van der Waals surface area contributed by atoms with Gasteiger partial charge in [0.25, 0.3) is 0 Å². The normalized spacial score (nSPS) is 39.9. The molecular formula is C24H34Cl2Zr. The molecule has 6 unspecified atom stereocenters. The largest absolute Gasteiger partial charge is 1.00 e. The number of rotatable bonds is 2. The van der Waals surface area contributed by atoms with Crippen molar-refractivity contribution in [2.24, 2.45) is 23.7 Å². The Kier molecular flexibility index (Phi) is 6.49. The van der Waals surface area contributed by atoms with Gasteiger partial charge in [0.05, 0.1) is 0 Å². The summed E-state index contributed by atoms with van der Waals surface area (Å²) < 4.78 is 5.17. The first-order valence-corrected chi connectivity index (χ1v) is 17.2. The Bertz CT molecular complexity index is 667. The summed E-state index contributed by atoms with van der Waals surface area (Å²) in [5, 5.41) is 0. The number of hydrogen-bond donors (Lipinski definition) is 0. The summed E-state index contributed by atoms with van der Waals surface area (Å²) in [5.74, 6) is 3.33. The van der Waals surface area contributed by atoms with Crippen LogP contribution in [0.15, 0.2) is 46.6 Å². The summed E-state index contributed by atoms with van der Waals surface area (Å²) in [6.45, 7) is 10.0. The smallest absolute Gasteiger partial charge is 1.00 e. The molecule has 0 saturated carbocycles. The first kappa shape index (κ1) is 22.1. The minimum absolute atomic E-state index is 0. The van der Waals surface area contributed by atoms with Crippen molar-refractivity contribution in [2.75, 3.05) is 0 Å². The van der Waals surface area contributed by atoms with Crippen molar-refractivity contribution in [1.82, 2.24) is 0 Å². The van der Waals surface area contributed by atoms with E-state index < -0.39 is 20.3 Å². The Morgan fingerprint density at radius 2 is 1.00 bits per heavy atom. The zero-order chi connectivity index (χ0) is 17.3. The van der Waals surface area contributed by atoms with E-state index in [1.54, 1.807) is 19.4 Å². The van der Waals surface area contributed by atoms with E-state index in [2.05, 4.69) is 52.0 Å². The average Bonchev–Trinajstić information content (AvgIpc) is 3.07. The fourth-order valence-electron chi connectivity index (χ4n) is 6.82. The molecule has 0 radical (unpaired) electrons. The summed E-state index contributed by atoms with van der Waals surface area (Å²) in [6, 6.07) is 0. The van der Waals surface area contributed by atoms with E-state index in [-0.39, 0.29) is 24.8 Å². The van der Waals surface area contributed by atoms with Gasteiger partial charge in [-0.25, -0.2) is 0 Å². The molecule has 1 heterocycles. The average molecular weight is 485 g/mol. The van der Waals surface area contributed by atoms with Crippen molar-refractivity contribution in [1.29, 1.82) is 0 Å². The molecule has 3 heteroatoms. The van der Waals surface area contributed by atoms with Crippen LogP contribution in [-0.4, -0.2) is 0 Å². The molecule has 27 heavy (non-hydrogen) atoms. The minimum Gasteiger partial charge on any atom is -1.00 e. The number of allylic oxidation sites excluding steroid dienone is 8. The molecule has 1 fully saturated rings. The molecule has 5 rings (SSSR count). The molecule has 0 amide bonds. The zero-order valence-corrected chi connectivity index (χ0v) is 21.2. The maximum atomic E-state index is 2.72. The summed E-state index contributed by atoms with van der Waals surface area (Å²) in [6.07, 6.45) is 16.3. The van der Waals surface area contributed by atoms with Crippen molar-refractivity contribution in [3.8, 4) is 0 Å². The van der Waals surface area contributed by atoms with Crippen molar-refractivity contribution in [2.45, 2.75) is 68.9 Å². The van der Waals surface area contributed by atoms with Gasteiger partial charge in [-0.1, -0.05) is 0 Å². The van der Waals surface area contributed by atoms with E-state index in [1.807, 2.05) is 11.1 Å². The standard InChI is InChI=1S/2C11H15.C2H4.2ClH.Zr/c2*1-8-6-7-9(2)11-5-3-4-10(8)11;1-2;;;/h2*3-5,8-9H,6-7H2,1-2H3;1-2H2;2*1H;/q;;;;;+2/p-2. The van der Waals surface area contributed by atoms with E-state index in [1.165, 1.54) is 25.7 Å². The van der Waals surface area contributed by atoms with Crippen LogP contribution < -0.4 is 24.8 Å². The Hall–Kier alpha value is 0.423. The molecule has 0 spiro atoms. The molecule has 1 aliphatic heterocycles. The van der Waals surface area contributed by atoms with E-state index >= 15 is 0 Å². The summed E-state index contributed by atoms with van der Waals surface area (Å²) in [5.41, 5.74) is 7.41. The van der Waals surface area contributed by atoms with Gasteiger partial charge >= 0.3 is 159 Å². The van der Waals surface area contributed by atoms with Gasteiger partial charge in [0.15, 0.2) is 0 Å². The minimum atomic E-state index is -2.14. The molecule has 148 valence electrons. The van der Waals surface area contributed by atoms with Crippen molar-refractivity contribution < 1.29 is 45.1 Å². The third kappa shape index (κ3) is 3.27. The molecule has 0 aromatic carbocycles. The Labute approximate surface area is 183 Å². The van der Waals surface area contributed by atoms with Gasteiger partial charge in [0.1, 0.15) is 0 Å². The second-order valence-corrected chi connectivity index (χ2v) is 21.6. The summed E-state index contributed by atoms with van der Waals surface area (Å²) in [4.78, 5) is 0. The predicted octanol–water partition coefficient (Wildman–Crippen LogP) is 1.44. The molecule has 4 aliphatic carbocycles. The summed E-state index contributed by atoms with van der Waals surface area (Å²) >= 11 is -2.14. The van der Waals surface area contributed by atoms with Gasteiger partial charge in [0.2, 0.25) is 0 Å². The molecule has 6 atom stereocenters. The molecule has 0 aromatic rings. The fraction of sp³-hybridized carbons (Fsp3) is 0.667. The van der Waals surface area contributed by atoms with Gasteiger partial charge in [-0.05, 0) is 0 Å². The maximum absolute atomic E-state index is 2.72. The molecule has 1 saturated heterocycles. The first-order chi connectivity index (χ1) is 12.0. The molecule has 5 aliphatic rings. The van der Waals surface area contributed by atoms with Crippen LogP contribution in [0.2, 0.25) is 15.5 Å². The molecule has 0 N–H and O–H groups in total. The molecular weight excluding hydrogens is 450 g/mol. The number of hydrogen-bond acceptors (Lipinski definition) is 0.